The number of rotatable bonds is 3. The van der Waals surface area contributed by atoms with Gasteiger partial charge in [0.1, 0.15) is 0 Å². The highest BCUT2D eigenvalue weighted by Gasteiger charge is 2.30. The average molecular weight is 202 g/mol. The maximum absolute atomic E-state index is 12.3. The van der Waals surface area contributed by atoms with E-state index in [9.17, 15) is 13.2 Å². The van der Waals surface area contributed by atoms with Gasteiger partial charge in [0.05, 0.1) is 5.56 Å². The Morgan fingerprint density at radius 3 is 2.50 bits per heavy atom. The Bertz CT molecular complexity index is 294. The number of benzene rings is 1. The van der Waals surface area contributed by atoms with E-state index in [-0.39, 0.29) is 6.54 Å². The van der Waals surface area contributed by atoms with Gasteiger partial charge < -0.3 is 0 Å². The SMILES string of the molecule is [NH]CCCc1cccc(C(F)(F)F)c1. The van der Waals surface area contributed by atoms with Crippen LogP contribution < -0.4 is 5.73 Å². The largest absolute Gasteiger partial charge is 0.416 e. The van der Waals surface area contributed by atoms with E-state index >= 15 is 0 Å². The summed E-state index contributed by atoms with van der Waals surface area (Å²) < 4.78 is 36.8. The van der Waals surface area contributed by atoms with Crippen molar-refractivity contribution >= 4 is 0 Å². The predicted octanol–water partition coefficient (Wildman–Crippen LogP) is 2.92. The Balaban J connectivity index is 2.79. The van der Waals surface area contributed by atoms with Gasteiger partial charge in [-0.3, -0.25) is 5.73 Å². The molecule has 0 heterocycles. The van der Waals surface area contributed by atoms with Crippen molar-refractivity contribution in [2.24, 2.45) is 0 Å². The van der Waals surface area contributed by atoms with Crippen LogP contribution in [0.15, 0.2) is 24.3 Å². The van der Waals surface area contributed by atoms with Gasteiger partial charge in [-0.05, 0) is 24.5 Å². The van der Waals surface area contributed by atoms with Gasteiger partial charge in [-0.25, -0.2) is 0 Å². The molecular weight excluding hydrogens is 191 g/mol. The highest BCUT2D eigenvalue weighted by molar-refractivity contribution is 5.25. The Kier molecular flexibility index (Phi) is 3.52. The second kappa shape index (κ2) is 4.46. The molecule has 77 valence electrons. The maximum Gasteiger partial charge on any atom is 0.416 e. The zero-order valence-corrected chi connectivity index (χ0v) is 7.56. The van der Waals surface area contributed by atoms with Crippen molar-refractivity contribution in [2.75, 3.05) is 6.54 Å². The Morgan fingerprint density at radius 2 is 1.93 bits per heavy atom. The quantitative estimate of drug-likeness (QED) is 0.719. The molecule has 0 atom stereocenters. The summed E-state index contributed by atoms with van der Waals surface area (Å²) in [6, 6.07) is 5.27. The Labute approximate surface area is 80.7 Å². The van der Waals surface area contributed by atoms with Gasteiger partial charge >= 0.3 is 6.18 Å². The van der Waals surface area contributed by atoms with E-state index in [1.54, 1.807) is 6.07 Å². The zero-order valence-electron chi connectivity index (χ0n) is 7.56. The normalized spacial score (nSPS) is 11.7. The number of hydrogen-bond acceptors (Lipinski definition) is 0. The van der Waals surface area contributed by atoms with Gasteiger partial charge in [0.25, 0.3) is 0 Å². The minimum Gasteiger partial charge on any atom is -0.258 e. The second-order valence-corrected chi connectivity index (χ2v) is 3.05. The molecule has 1 rings (SSSR count). The van der Waals surface area contributed by atoms with Crippen molar-refractivity contribution in [3.05, 3.63) is 35.4 Å². The van der Waals surface area contributed by atoms with E-state index in [2.05, 4.69) is 0 Å². The van der Waals surface area contributed by atoms with Crippen LogP contribution in [0.5, 0.6) is 0 Å². The molecule has 0 saturated carbocycles. The van der Waals surface area contributed by atoms with Crippen molar-refractivity contribution in [3.63, 3.8) is 0 Å². The van der Waals surface area contributed by atoms with E-state index in [1.165, 1.54) is 6.07 Å². The topological polar surface area (TPSA) is 23.8 Å². The molecule has 1 N–H and O–H groups in total. The molecule has 0 amide bonds. The summed E-state index contributed by atoms with van der Waals surface area (Å²) >= 11 is 0. The number of alkyl halides is 3. The van der Waals surface area contributed by atoms with Crippen LogP contribution in [0.1, 0.15) is 17.5 Å². The van der Waals surface area contributed by atoms with Crippen LogP contribution in [0.25, 0.3) is 0 Å². The molecule has 0 bridgehead atoms. The fraction of sp³-hybridized carbons (Fsp3) is 0.400. The lowest BCUT2D eigenvalue weighted by molar-refractivity contribution is -0.137. The standard InChI is InChI=1S/C10H11F3N/c11-10(12,13)9-5-1-3-8(7-9)4-2-6-14/h1,3,5,7,14H,2,4,6H2. The smallest absolute Gasteiger partial charge is 0.258 e. The maximum atomic E-state index is 12.3. The van der Waals surface area contributed by atoms with Gasteiger partial charge in [-0.2, -0.15) is 13.2 Å². The van der Waals surface area contributed by atoms with E-state index in [4.69, 9.17) is 5.73 Å². The minimum absolute atomic E-state index is 0.246. The molecule has 0 aliphatic carbocycles. The summed E-state index contributed by atoms with van der Waals surface area (Å²) in [4.78, 5) is 0. The summed E-state index contributed by atoms with van der Waals surface area (Å²) in [6.07, 6.45) is -3.13. The van der Waals surface area contributed by atoms with Crippen LogP contribution in [0.4, 0.5) is 13.2 Å². The molecule has 0 aromatic heterocycles. The van der Waals surface area contributed by atoms with Crippen molar-refractivity contribution in [2.45, 2.75) is 19.0 Å². The summed E-state index contributed by atoms with van der Waals surface area (Å²) in [7, 11) is 0. The summed E-state index contributed by atoms with van der Waals surface area (Å²) in [5.41, 5.74) is 6.94. The summed E-state index contributed by atoms with van der Waals surface area (Å²) in [5, 5.41) is 0. The number of hydrogen-bond donors (Lipinski definition) is 0. The molecule has 1 aromatic carbocycles. The Morgan fingerprint density at radius 1 is 1.21 bits per heavy atom. The first kappa shape index (κ1) is 11.0. The number of nitrogens with one attached hydrogen (secondary N) is 1. The van der Waals surface area contributed by atoms with Crippen molar-refractivity contribution in [1.82, 2.24) is 5.73 Å². The molecule has 1 nitrogen and oxygen atoms in total. The molecule has 0 spiro atoms. The first-order valence-electron chi connectivity index (χ1n) is 4.35. The molecule has 14 heavy (non-hydrogen) atoms. The lowest BCUT2D eigenvalue weighted by Crippen LogP contribution is -2.05. The van der Waals surface area contributed by atoms with Gasteiger partial charge in [-0.1, -0.05) is 18.2 Å². The lowest BCUT2D eigenvalue weighted by atomic mass is 10.1. The highest BCUT2D eigenvalue weighted by Crippen LogP contribution is 2.29. The third kappa shape index (κ3) is 3.03. The number of halogens is 3. The molecule has 0 aliphatic heterocycles. The summed E-state index contributed by atoms with van der Waals surface area (Å²) in [5.74, 6) is 0. The van der Waals surface area contributed by atoms with Crippen LogP contribution >= 0.6 is 0 Å². The highest BCUT2D eigenvalue weighted by atomic mass is 19.4. The zero-order chi connectivity index (χ0) is 10.6. The van der Waals surface area contributed by atoms with Crippen LogP contribution in [-0.2, 0) is 12.6 Å². The van der Waals surface area contributed by atoms with Crippen LogP contribution in [0.2, 0.25) is 0 Å². The first-order valence-corrected chi connectivity index (χ1v) is 4.35. The molecule has 0 saturated heterocycles. The van der Waals surface area contributed by atoms with Crippen molar-refractivity contribution in [1.29, 1.82) is 0 Å². The van der Waals surface area contributed by atoms with Gasteiger partial charge in [0, 0.05) is 6.54 Å². The average Bonchev–Trinajstić information content (AvgIpc) is 2.14. The molecule has 0 unspecified atom stereocenters. The van der Waals surface area contributed by atoms with E-state index in [0.717, 1.165) is 12.1 Å². The molecule has 4 heteroatoms. The minimum atomic E-state index is -4.27. The number of aryl methyl sites for hydroxylation is 1. The van der Waals surface area contributed by atoms with Gasteiger partial charge in [0.15, 0.2) is 0 Å². The van der Waals surface area contributed by atoms with Crippen LogP contribution in [0, 0.1) is 0 Å². The van der Waals surface area contributed by atoms with E-state index in [0.29, 0.717) is 18.4 Å². The summed E-state index contributed by atoms with van der Waals surface area (Å²) in [6.45, 7) is 0.246. The lowest BCUT2D eigenvalue weighted by Gasteiger charge is -2.08. The monoisotopic (exact) mass is 202 g/mol. The second-order valence-electron chi connectivity index (χ2n) is 3.05. The van der Waals surface area contributed by atoms with Crippen LogP contribution in [-0.4, -0.2) is 6.54 Å². The first-order chi connectivity index (χ1) is 6.54. The van der Waals surface area contributed by atoms with Gasteiger partial charge in [0.2, 0.25) is 0 Å². The molecule has 1 radical (unpaired) electrons. The van der Waals surface area contributed by atoms with Crippen molar-refractivity contribution < 1.29 is 13.2 Å². The fourth-order valence-corrected chi connectivity index (χ4v) is 1.20. The predicted molar refractivity (Wildman–Crippen MR) is 47.7 cm³/mol. The third-order valence-corrected chi connectivity index (χ3v) is 1.90. The third-order valence-electron chi connectivity index (χ3n) is 1.90. The van der Waals surface area contributed by atoms with E-state index in [1.807, 2.05) is 0 Å². The van der Waals surface area contributed by atoms with Crippen molar-refractivity contribution in [3.8, 4) is 0 Å². The molecular formula is C10H11F3N. The molecule has 1 aromatic rings. The van der Waals surface area contributed by atoms with Crippen LogP contribution in [0.3, 0.4) is 0 Å². The van der Waals surface area contributed by atoms with E-state index < -0.39 is 11.7 Å². The van der Waals surface area contributed by atoms with Gasteiger partial charge in [-0.15, -0.1) is 0 Å². The molecule has 0 aliphatic rings. The molecule has 0 fully saturated rings. The fourth-order valence-electron chi connectivity index (χ4n) is 1.20. The Hall–Kier alpha value is -1.03.